The van der Waals surface area contributed by atoms with Gasteiger partial charge in [-0.1, -0.05) is 41.4 Å². The van der Waals surface area contributed by atoms with Gasteiger partial charge in [-0.15, -0.1) is 0 Å². The Hall–Kier alpha value is -2.86. The summed E-state index contributed by atoms with van der Waals surface area (Å²) < 4.78 is 11.0. The highest BCUT2D eigenvalue weighted by molar-refractivity contribution is 8.78. The van der Waals surface area contributed by atoms with Gasteiger partial charge < -0.3 is 19.3 Å². The van der Waals surface area contributed by atoms with Crippen molar-refractivity contribution in [3.63, 3.8) is 0 Å². The highest BCUT2D eigenvalue weighted by atomic mass is 33.1. The molecule has 1 aromatic carbocycles. The number of ether oxygens (including phenoxy) is 2. The van der Waals surface area contributed by atoms with Gasteiger partial charge in [0.1, 0.15) is 12.8 Å². The number of carbonyl (C=O) groups excluding carboxylic acids is 4. The van der Waals surface area contributed by atoms with Crippen LogP contribution in [0.15, 0.2) is 38.8 Å². The number of allylic oxidation sites excluding steroid dienone is 1. The van der Waals surface area contributed by atoms with E-state index in [0.717, 1.165) is 59.2 Å². The predicted molar refractivity (Wildman–Crippen MR) is 169 cm³/mol. The molecule has 0 unspecified atom stereocenters. The van der Waals surface area contributed by atoms with Crippen LogP contribution >= 0.6 is 21.6 Å². The van der Waals surface area contributed by atoms with Crippen LogP contribution in [0.2, 0.25) is 0 Å². The number of benzene rings is 1. The van der Waals surface area contributed by atoms with Crippen molar-refractivity contribution in [2.24, 2.45) is 9.98 Å². The maximum atomic E-state index is 13.0. The number of unbranched alkanes of at least 4 members (excludes halogenated alkanes) is 2. The number of carbonyl (C=O) groups is 4. The second kappa shape index (κ2) is 18.1. The number of hydrogen-bond acceptors (Lipinski definition) is 10. The largest absolute Gasteiger partial charge is 0.465 e. The van der Waals surface area contributed by atoms with E-state index in [-0.39, 0.29) is 37.5 Å². The number of rotatable bonds is 17. The smallest absolute Gasteiger partial charge is 0.306 e. The molecule has 0 N–H and O–H groups in total. The predicted octanol–water partition coefficient (Wildman–Crippen LogP) is 4.43. The average Bonchev–Trinajstić information content (AvgIpc) is 3.50. The maximum Gasteiger partial charge on any atom is 0.306 e. The molecule has 1 aliphatic heterocycles. The van der Waals surface area contributed by atoms with Gasteiger partial charge in [-0.25, -0.2) is 0 Å². The first-order valence-corrected chi connectivity index (χ1v) is 17.3. The molecule has 1 saturated carbocycles. The molecule has 12 heteroatoms. The lowest BCUT2D eigenvalue weighted by atomic mass is 9.91. The van der Waals surface area contributed by atoms with Gasteiger partial charge in [0.25, 0.3) is 5.91 Å². The molecular formula is C31H44N4O6S2. The molecule has 1 aromatic rings. The summed E-state index contributed by atoms with van der Waals surface area (Å²) in [4.78, 5) is 61.8. The first kappa shape index (κ1) is 34.6. The van der Waals surface area contributed by atoms with Crippen LogP contribution in [0.1, 0.15) is 88.4 Å². The Morgan fingerprint density at radius 2 is 1.72 bits per heavy atom. The standard InChI is InChI=1S/C31H44N4O6S2/c1-5-6-7-18-42-43-28(22(2)34(3)21-36)16-17-40-29(37)14-15-30(38)41-25-11-9-24(10-12-25)35(4)31(39)23-8-13-26-27(19-23)33-20-32-26/h8,13,19,21,24-25H,5-7,9-12,14-18,20H2,1-4H3/b28-22-. The highest BCUT2D eigenvalue weighted by Crippen LogP contribution is 2.35. The van der Waals surface area contributed by atoms with Crippen LogP contribution in [0.5, 0.6) is 0 Å². The maximum absolute atomic E-state index is 13.0. The van der Waals surface area contributed by atoms with Crippen molar-refractivity contribution >= 4 is 45.8 Å². The molecule has 1 fully saturated rings. The molecule has 0 spiro atoms. The van der Waals surface area contributed by atoms with Gasteiger partial charge in [0.05, 0.1) is 30.2 Å². The van der Waals surface area contributed by atoms with E-state index >= 15 is 0 Å². The van der Waals surface area contributed by atoms with E-state index in [4.69, 9.17) is 9.47 Å². The second-order valence-corrected chi connectivity index (χ2v) is 13.3. The minimum Gasteiger partial charge on any atom is -0.465 e. The summed E-state index contributed by atoms with van der Waals surface area (Å²) in [7, 11) is 6.88. The van der Waals surface area contributed by atoms with Crippen LogP contribution in [0.3, 0.4) is 0 Å². The van der Waals surface area contributed by atoms with Crippen molar-refractivity contribution in [3.8, 4) is 0 Å². The number of fused-ring (bicyclic) bond motifs is 1. The number of amides is 2. The summed E-state index contributed by atoms with van der Waals surface area (Å²) in [5.74, 6) is 0.0961. The number of nitrogens with zero attached hydrogens (tertiary/aromatic N) is 4. The molecule has 3 rings (SSSR count). The van der Waals surface area contributed by atoms with Crippen LogP contribution in [0, 0.1) is 0 Å². The van der Waals surface area contributed by atoms with Crippen molar-refractivity contribution in [3.05, 3.63) is 45.1 Å². The Balaban J connectivity index is 1.35. The number of hydrogen-bond donors (Lipinski definition) is 0. The van der Waals surface area contributed by atoms with E-state index < -0.39 is 11.9 Å². The van der Waals surface area contributed by atoms with Gasteiger partial charge in [0.15, 0.2) is 0 Å². The van der Waals surface area contributed by atoms with Crippen LogP contribution in [-0.2, 0) is 23.9 Å². The van der Waals surface area contributed by atoms with Crippen molar-refractivity contribution in [2.45, 2.75) is 90.2 Å². The Bertz CT molecular complexity index is 1280. The Morgan fingerprint density at radius 3 is 2.44 bits per heavy atom. The third-order valence-corrected chi connectivity index (χ3v) is 10.5. The first-order valence-electron chi connectivity index (χ1n) is 15.0. The molecule has 0 aromatic heterocycles. The lowest BCUT2D eigenvalue weighted by Crippen LogP contribution is -2.41. The van der Waals surface area contributed by atoms with E-state index in [1.165, 1.54) is 11.3 Å². The van der Waals surface area contributed by atoms with Gasteiger partial charge in [0, 0.05) is 48.5 Å². The molecule has 0 saturated heterocycles. The van der Waals surface area contributed by atoms with E-state index in [2.05, 4.69) is 16.9 Å². The third kappa shape index (κ3) is 11.0. The molecule has 1 aliphatic carbocycles. The summed E-state index contributed by atoms with van der Waals surface area (Å²) in [6, 6.07) is 5.48. The molecule has 10 nitrogen and oxygen atoms in total. The van der Waals surface area contributed by atoms with Crippen LogP contribution in [-0.4, -0.2) is 79.3 Å². The van der Waals surface area contributed by atoms with Gasteiger partial charge in [0.2, 0.25) is 6.41 Å². The second-order valence-electron chi connectivity index (χ2n) is 10.8. The lowest BCUT2D eigenvalue weighted by molar-refractivity contribution is -0.155. The van der Waals surface area contributed by atoms with E-state index in [1.807, 2.05) is 20.0 Å². The van der Waals surface area contributed by atoms with Crippen molar-refractivity contribution in [1.82, 2.24) is 9.80 Å². The third-order valence-electron chi connectivity index (χ3n) is 7.72. The van der Waals surface area contributed by atoms with Gasteiger partial charge in [-0.2, -0.15) is 0 Å². The molecular weight excluding hydrogens is 588 g/mol. The Morgan fingerprint density at radius 1 is 1.00 bits per heavy atom. The summed E-state index contributed by atoms with van der Waals surface area (Å²) >= 11 is 0. The normalized spacial score (nSPS) is 18.0. The van der Waals surface area contributed by atoms with Crippen LogP contribution in [0.25, 0.3) is 0 Å². The summed E-state index contributed by atoms with van der Waals surface area (Å²) in [6.07, 6.45) is 7.24. The summed E-state index contributed by atoms with van der Waals surface area (Å²) in [6.45, 7) is 4.64. The van der Waals surface area contributed by atoms with E-state index in [0.29, 0.717) is 31.5 Å². The zero-order valence-corrected chi connectivity index (χ0v) is 27.3. The molecule has 0 atom stereocenters. The lowest BCUT2D eigenvalue weighted by Gasteiger charge is -2.34. The zero-order chi connectivity index (χ0) is 31.2. The fraction of sp³-hybridized carbons (Fsp3) is 0.613. The summed E-state index contributed by atoms with van der Waals surface area (Å²) in [5.41, 5.74) is 1.43. The fourth-order valence-electron chi connectivity index (χ4n) is 4.89. The molecule has 1 heterocycles. The highest BCUT2D eigenvalue weighted by Gasteiger charge is 2.29. The number of esters is 2. The van der Waals surface area contributed by atoms with Gasteiger partial charge >= 0.3 is 11.9 Å². The molecule has 2 amide bonds. The van der Waals surface area contributed by atoms with Crippen LogP contribution < -0.4 is 10.7 Å². The Labute approximate surface area is 262 Å². The molecule has 43 heavy (non-hydrogen) atoms. The van der Waals surface area contributed by atoms with E-state index in [1.54, 1.807) is 45.7 Å². The van der Waals surface area contributed by atoms with Crippen LogP contribution in [0.4, 0.5) is 0 Å². The monoisotopic (exact) mass is 632 g/mol. The summed E-state index contributed by atoms with van der Waals surface area (Å²) in [5, 5.41) is 1.57. The van der Waals surface area contributed by atoms with E-state index in [9.17, 15) is 19.2 Å². The van der Waals surface area contributed by atoms with Crippen molar-refractivity contribution in [1.29, 1.82) is 0 Å². The fourth-order valence-corrected chi connectivity index (χ4v) is 7.51. The van der Waals surface area contributed by atoms with Crippen molar-refractivity contribution < 1.29 is 28.7 Å². The molecule has 236 valence electrons. The minimum atomic E-state index is -0.449. The average molecular weight is 633 g/mol. The topological polar surface area (TPSA) is 118 Å². The zero-order valence-electron chi connectivity index (χ0n) is 25.7. The minimum absolute atomic E-state index is 0.0372. The van der Waals surface area contributed by atoms with Gasteiger partial charge in [-0.05, 0) is 57.2 Å². The van der Waals surface area contributed by atoms with Crippen molar-refractivity contribution in [2.75, 3.05) is 33.1 Å². The first-order chi connectivity index (χ1) is 20.7. The van der Waals surface area contributed by atoms with Gasteiger partial charge in [-0.3, -0.25) is 29.2 Å². The quantitative estimate of drug-likeness (QED) is 0.107. The Kier molecular flexibility index (Phi) is 14.5. The molecule has 0 bridgehead atoms. The SMILES string of the molecule is CCCCCSS/C(CCOC(=O)CCC(=O)OC1CCC(N(C)C(=O)c2ccc3c(c2)=NCN=3)CC1)=C(/C)N(C)C=O. The molecule has 2 aliphatic rings. The molecule has 0 radical (unpaired) electrons.